The van der Waals surface area contributed by atoms with Gasteiger partial charge in [0.1, 0.15) is 5.82 Å². The molecule has 0 bridgehead atoms. The lowest BCUT2D eigenvalue weighted by Gasteiger charge is -2.32. The summed E-state index contributed by atoms with van der Waals surface area (Å²) in [7, 11) is 0. The van der Waals surface area contributed by atoms with Crippen LogP contribution < -0.4 is 4.90 Å². The summed E-state index contributed by atoms with van der Waals surface area (Å²) in [6.45, 7) is 6.24. The van der Waals surface area contributed by atoms with Crippen LogP contribution in [-0.2, 0) is 11.3 Å². The van der Waals surface area contributed by atoms with Crippen molar-refractivity contribution in [3.63, 3.8) is 0 Å². The van der Waals surface area contributed by atoms with Crippen LogP contribution in [0.2, 0.25) is 0 Å². The minimum Gasteiger partial charge on any atom is -0.378 e. The highest BCUT2D eigenvalue weighted by molar-refractivity contribution is 7.22. The maximum atomic E-state index is 5.63. The van der Waals surface area contributed by atoms with E-state index in [1.54, 1.807) is 11.3 Å². The lowest BCUT2D eigenvalue weighted by atomic mass is 10.0. The van der Waals surface area contributed by atoms with Crippen molar-refractivity contribution >= 4 is 38.3 Å². The summed E-state index contributed by atoms with van der Waals surface area (Å²) in [4.78, 5) is 16.2. The number of benzene rings is 2. The molecule has 3 aromatic heterocycles. The van der Waals surface area contributed by atoms with E-state index in [4.69, 9.17) is 19.8 Å². The van der Waals surface area contributed by atoms with Gasteiger partial charge in [0, 0.05) is 37.4 Å². The summed E-state index contributed by atoms with van der Waals surface area (Å²) in [6.07, 6.45) is 4.11. The SMILES string of the molecule is c1ccc(CN2CCC(n3ncc4c(N5CCOCC5)nc(-c5cc6ccccc6s5)nc43)CC2)cc1. The summed E-state index contributed by atoms with van der Waals surface area (Å²) in [5.74, 6) is 1.77. The molecule has 0 atom stereocenters. The van der Waals surface area contributed by atoms with E-state index >= 15 is 0 Å². The van der Waals surface area contributed by atoms with Gasteiger partial charge in [0.15, 0.2) is 11.5 Å². The van der Waals surface area contributed by atoms with Gasteiger partial charge < -0.3 is 9.64 Å². The first-order valence-electron chi connectivity index (χ1n) is 13.1. The maximum absolute atomic E-state index is 5.63. The van der Waals surface area contributed by atoms with Crippen molar-refractivity contribution in [1.29, 1.82) is 0 Å². The first kappa shape index (κ1) is 22.8. The fraction of sp³-hybridized carbons (Fsp3) is 0.345. The van der Waals surface area contributed by atoms with Crippen molar-refractivity contribution < 1.29 is 4.74 Å². The van der Waals surface area contributed by atoms with Gasteiger partial charge in [0.25, 0.3) is 0 Å². The molecule has 7 rings (SSSR count). The number of morpholine rings is 1. The topological polar surface area (TPSA) is 59.3 Å². The molecule has 0 spiro atoms. The third kappa shape index (κ3) is 4.50. The zero-order chi connectivity index (χ0) is 24.6. The van der Waals surface area contributed by atoms with Gasteiger partial charge in [-0.2, -0.15) is 5.10 Å². The number of anilines is 1. The minimum absolute atomic E-state index is 0.340. The van der Waals surface area contributed by atoms with Crippen LogP contribution in [-0.4, -0.2) is 64.0 Å². The van der Waals surface area contributed by atoms with Crippen LogP contribution in [0.25, 0.3) is 31.8 Å². The zero-order valence-corrected chi connectivity index (χ0v) is 21.6. The van der Waals surface area contributed by atoms with Crippen LogP contribution in [0, 0.1) is 0 Å². The van der Waals surface area contributed by atoms with Crippen molar-refractivity contribution in [3.8, 4) is 10.7 Å². The number of aromatic nitrogens is 4. The molecule has 7 nitrogen and oxygen atoms in total. The average Bonchev–Trinajstić information content (AvgIpc) is 3.59. The van der Waals surface area contributed by atoms with Gasteiger partial charge in [-0.25, -0.2) is 14.6 Å². The Kier molecular flexibility index (Phi) is 6.08. The second-order valence-corrected chi connectivity index (χ2v) is 11.0. The van der Waals surface area contributed by atoms with Crippen LogP contribution >= 0.6 is 11.3 Å². The van der Waals surface area contributed by atoms with Gasteiger partial charge in [0.05, 0.1) is 35.7 Å². The van der Waals surface area contributed by atoms with E-state index in [9.17, 15) is 0 Å². The second-order valence-electron chi connectivity index (χ2n) is 9.94. The number of nitrogens with zero attached hydrogens (tertiary/aromatic N) is 6. The van der Waals surface area contributed by atoms with Crippen molar-refractivity contribution in [3.05, 3.63) is 72.4 Å². The highest BCUT2D eigenvalue weighted by atomic mass is 32.1. The van der Waals surface area contributed by atoms with Crippen molar-refractivity contribution in [2.24, 2.45) is 0 Å². The van der Waals surface area contributed by atoms with Crippen LogP contribution in [0.1, 0.15) is 24.4 Å². The first-order valence-corrected chi connectivity index (χ1v) is 14.0. The zero-order valence-electron chi connectivity index (χ0n) is 20.8. The first-order chi connectivity index (χ1) is 18.3. The number of likely N-dealkylation sites (tertiary alicyclic amines) is 1. The minimum atomic E-state index is 0.340. The maximum Gasteiger partial charge on any atom is 0.173 e. The third-order valence-electron chi connectivity index (χ3n) is 7.54. The van der Waals surface area contributed by atoms with E-state index in [-0.39, 0.29) is 0 Å². The molecule has 0 unspecified atom stereocenters. The molecule has 0 amide bonds. The molecule has 0 saturated carbocycles. The molecule has 188 valence electrons. The number of thiophene rings is 1. The Bertz CT molecular complexity index is 1480. The Morgan fingerprint density at radius 3 is 2.49 bits per heavy atom. The second kappa shape index (κ2) is 9.85. The van der Waals surface area contributed by atoms with Crippen molar-refractivity contribution in [1.82, 2.24) is 24.6 Å². The molecule has 5 heterocycles. The lowest BCUT2D eigenvalue weighted by Crippen LogP contribution is -2.37. The van der Waals surface area contributed by atoms with Gasteiger partial charge in [-0.1, -0.05) is 48.5 Å². The van der Waals surface area contributed by atoms with Crippen LogP contribution in [0.15, 0.2) is 66.9 Å². The number of rotatable bonds is 5. The molecule has 2 aliphatic heterocycles. The smallest absolute Gasteiger partial charge is 0.173 e. The molecular formula is C29H30N6OS. The highest BCUT2D eigenvalue weighted by Crippen LogP contribution is 2.36. The monoisotopic (exact) mass is 510 g/mol. The Morgan fingerprint density at radius 1 is 0.892 bits per heavy atom. The van der Waals surface area contributed by atoms with Gasteiger partial charge >= 0.3 is 0 Å². The van der Waals surface area contributed by atoms with E-state index in [2.05, 4.69) is 75.1 Å². The standard InChI is InChI=1S/C29H30N6OS/c1-2-6-21(7-3-1)20-33-12-10-23(11-13-33)35-29-24(19-30-35)28(34-14-16-36-17-15-34)31-27(32-29)26-18-22-8-4-5-9-25(22)37-26/h1-9,18-19,23H,10-17,20H2. The molecule has 37 heavy (non-hydrogen) atoms. The number of piperidine rings is 1. The number of hydrogen-bond donors (Lipinski definition) is 0. The van der Waals surface area contributed by atoms with Crippen LogP contribution in [0.5, 0.6) is 0 Å². The van der Waals surface area contributed by atoms with Crippen LogP contribution in [0.4, 0.5) is 5.82 Å². The van der Waals surface area contributed by atoms with Crippen molar-refractivity contribution in [2.45, 2.75) is 25.4 Å². The molecule has 2 aromatic carbocycles. The number of ether oxygens (including phenoxy) is 1. The Hall–Kier alpha value is -3.33. The largest absolute Gasteiger partial charge is 0.378 e. The predicted octanol–water partition coefficient (Wildman–Crippen LogP) is 5.38. The van der Waals surface area contributed by atoms with E-state index in [0.717, 1.165) is 86.3 Å². The van der Waals surface area contributed by atoms with Gasteiger partial charge in [0.2, 0.25) is 0 Å². The summed E-state index contributed by atoms with van der Waals surface area (Å²) in [5, 5.41) is 7.18. The van der Waals surface area contributed by atoms with E-state index in [1.165, 1.54) is 15.6 Å². The summed E-state index contributed by atoms with van der Waals surface area (Å²) >= 11 is 1.75. The Morgan fingerprint density at radius 2 is 1.68 bits per heavy atom. The quantitative estimate of drug-likeness (QED) is 0.316. The van der Waals surface area contributed by atoms with Gasteiger partial charge in [-0.15, -0.1) is 11.3 Å². The predicted molar refractivity (Wildman–Crippen MR) is 149 cm³/mol. The average molecular weight is 511 g/mol. The molecule has 2 aliphatic rings. The molecule has 0 aliphatic carbocycles. The molecular weight excluding hydrogens is 480 g/mol. The van der Waals surface area contributed by atoms with E-state index in [1.807, 2.05) is 6.20 Å². The van der Waals surface area contributed by atoms with Crippen molar-refractivity contribution in [2.75, 3.05) is 44.3 Å². The lowest BCUT2D eigenvalue weighted by molar-refractivity contribution is 0.122. The van der Waals surface area contributed by atoms with Gasteiger partial charge in [-0.05, 0) is 35.9 Å². The Balaban J connectivity index is 1.23. The molecule has 5 aromatic rings. The number of hydrogen-bond acceptors (Lipinski definition) is 7. The summed E-state index contributed by atoms with van der Waals surface area (Å²) in [6, 6.07) is 21.8. The molecule has 0 N–H and O–H groups in total. The molecule has 2 saturated heterocycles. The summed E-state index contributed by atoms with van der Waals surface area (Å²) in [5.41, 5.74) is 2.33. The van der Waals surface area contributed by atoms with E-state index in [0.29, 0.717) is 6.04 Å². The fourth-order valence-corrected chi connectivity index (χ4v) is 6.56. The van der Waals surface area contributed by atoms with Gasteiger partial charge in [-0.3, -0.25) is 4.90 Å². The van der Waals surface area contributed by atoms with Crippen LogP contribution in [0.3, 0.4) is 0 Å². The molecule has 2 fully saturated rings. The summed E-state index contributed by atoms with van der Waals surface area (Å²) < 4.78 is 9.07. The highest BCUT2D eigenvalue weighted by Gasteiger charge is 2.26. The fourth-order valence-electron chi connectivity index (χ4n) is 5.56. The molecule has 0 radical (unpaired) electrons. The van der Waals surface area contributed by atoms with E-state index < -0.39 is 0 Å². The third-order valence-corrected chi connectivity index (χ3v) is 8.65. The number of fused-ring (bicyclic) bond motifs is 2. The molecule has 8 heteroatoms. The Labute approximate surface area is 220 Å². The normalized spacial score (nSPS) is 17.7.